The number of rotatable bonds is 4. The molecule has 114 valence electrons. The second-order valence-electron chi connectivity index (χ2n) is 5.88. The summed E-state index contributed by atoms with van der Waals surface area (Å²) in [5, 5.41) is 17.4. The van der Waals surface area contributed by atoms with Gasteiger partial charge in [-0.25, -0.2) is 0 Å². The Kier molecular flexibility index (Phi) is 4.18. The van der Waals surface area contributed by atoms with Gasteiger partial charge in [0.05, 0.1) is 17.8 Å². The normalized spacial score (nSPS) is 24.3. The summed E-state index contributed by atoms with van der Waals surface area (Å²) in [5.41, 5.74) is 8.92. The Hall–Kier alpha value is -2.23. The molecule has 6 heteroatoms. The van der Waals surface area contributed by atoms with E-state index < -0.39 is 0 Å². The van der Waals surface area contributed by atoms with E-state index in [1.165, 1.54) is 0 Å². The van der Waals surface area contributed by atoms with Gasteiger partial charge in [-0.3, -0.25) is 15.5 Å². The Labute approximate surface area is 130 Å². The molecule has 3 rings (SSSR count). The van der Waals surface area contributed by atoms with Crippen LogP contribution in [0.5, 0.6) is 0 Å². The molecular weight excluding hydrogens is 276 g/mol. The Balaban J connectivity index is 1.67. The van der Waals surface area contributed by atoms with Crippen molar-refractivity contribution in [2.45, 2.75) is 38.9 Å². The fraction of sp³-hybridized carbons (Fsp3) is 0.438. The van der Waals surface area contributed by atoms with Crippen LogP contribution in [0, 0.1) is 17.2 Å². The van der Waals surface area contributed by atoms with Gasteiger partial charge in [-0.15, -0.1) is 5.10 Å². The van der Waals surface area contributed by atoms with Crippen molar-refractivity contribution in [1.82, 2.24) is 25.8 Å². The molecule has 2 atom stereocenters. The molecule has 2 unspecified atom stereocenters. The maximum Gasteiger partial charge on any atom is 0.113 e. The molecule has 1 fully saturated rings. The van der Waals surface area contributed by atoms with Crippen LogP contribution in [0.25, 0.3) is 11.3 Å². The first kappa shape index (κ1) is 14.7. The quantitative estimate of drug-likeness (QED) is 0.898. The number of nitrogens with zero attached hydrogens (tertiary/aromatic N) is 4. The van der Waals surface area contributed by atoms with Gasteiger partial charge in [0, 0.05) is 24.2 Å². The van der Waals surface area contributed by atoms with E-state index >= 15 is 0 Å². The minimum Gasteiger partial charge on any atom is -0.254 e. The minimum atomic E-state index is 0.463. The van der Waals surface area contributed by atoms with Crippen molar-refractivity contribution in [1.29, 1.82) is 5.26 Å². The fourth-order valence-corrected chi connectivity index (χ4v) is 2.98. The van der Waals surface area contributed by atoms with E-state index in [9.17, 15) is 0 Å². The molecule has 0 saturated carbocycles. The molecule has 0 bridgehead atoms. The zero-order valence-electron chi connectivity index (χ0n) is 12.8. The molecule has 2 heterocycles. The molecule has 1 aromatic carbocycles. The van der Waals surface area contributed by atoms with Gasteiger partial charge >= 0.3 is 0 Å². The van der Waals surface area contributed by atoms with E-state index in [4.69, 9.17) is 5.26 Å². The number of hydrogen-bond donors (Lipinski definition) is 2. The third-order valence-corrected chi connectivity index (χ3v) is 4.34. The first-order valence-corrected chi connectivity index (χ1v) is 7.59. The summed E-state index contributed by atoms with van der Waals surface area (Å²) in [6.07, 6.45) is 2.99. The van der Waals surface area contributed by atoms with Crippen LogP contribution in [0.4, 0.5) is 0 Å². The Morgan fingerprint density at radius 1 is 1.27 bits per heavy atom. The number of hydrazine groups is 1. The predicted molar refractivity (Wildman–Crippen MR) is 83.5 cm³/mol. The highest BCUT2D eigenvalue weighted by molar-refractivity contribution is 5.60. The number of nitrogens with one attached hydrogen (secondary N) is 2. The summed E-state index contributed by atoms with van der Waals surface area (Å²) < 4.78 is 1.88. The average Bonchev–Trinajstić information content (AvgIpc) is 3.13. The number of nitriles is 1. The number of hydrogen-bond acceptors (Lipinski definition) is 5. The Bertz CT molecular complexity index is 676. The van der Waals surface area contributed by atoms with E-state index in [2.05, 4.69) is 41.1 Å². The summed E-state index contributed by atoms with van der Waals surface area (Å²) in [6, 6.07) is 10.5. The molecule has 22 heavy (non-hydrogen) atoms. The topological polar surface area (TPSA) is 78.6 Å². The SMILES string of the molecule is CC1NNC(C)C1CCn1cc(-c2cccc(C#N)c2)nn1. The van der Waals surface area contributed by atoms with Gasteiger partial charge in [0.15, 0.2) is 0 Å². The van der Waals surface area contributed by atoms with E-state index in [0.717, 1.165) is 24.2 Å². The molecule has 2 N–H and O–H groups in total. The lowest BCUT2D eigenvalue weighted by Crippen LogP contribution is -2.30. The van der Waals surface area contributed by atoms with Gasteiger partial charge in [-0.2, -0.15) is 5.26 Å². The third-order valence-electron chi connectivity index (χ3n) is 4.34. The van der Waals surface area contributed by atoms with Crippen molar-refractivity contribution < 1.29 is 0 Å². The van der Waals surface area contributed by atoms with Crippen LogP contribution in [-0.2, 0) is 6.54 Å². The average molecular weight is 296 g/mol. The highest BCUT2D eigenvalue weighted by Crippen LogP contribution is 2.20. The third kappa shape index (κ3) is 3.01. The lowest BCUT2D eigenvalue weighted by molar-refractivity contribution is 0.374. The predicted octanol–water partition coefficient (Wildman–Crippen LogP) is 1.71. The summed E-state index contributed by atoms with van der Waals surface area (Å²) in [5.74, 6) is 0.578. The molecule has 0 amide bonds. The zero-order valence-corrected chi connectivity index (χ0v) is 12.8. The van der Waals surface area contributed by atoms with E-state index in [1.54, 1.807) is 6.07 Å². The van der Waals surface area contributed by atoms with Crippen LogP contribution < -0.4 is 10.9 Å². The van der Waals surface area contributed by atoms with Crippen molar-refractivity contribution >= 4 is 0 Å². The first-order chi connectivity index (χ1) is 10.7. The maximum atomic E-state index is 8.97. The lowest BCUT2D eigenvalue weighted by Gasteiger charge is -2.17. The van der Waals surface area contributed by atoms with Gasteiger partial charge in [0.1, 0.15) is 5.69 Å². The first-order valence-electron chi connectivity index (χ1n) is 7.59. The van der Waals surface area contributed by atoms with E-state index in [-0.39, 0.29) is 0 Å². The standard InChI is InChI=1S/C16H20N6/c1-11-15(12(2)19-18-11)6-7-22-10-16(20-21-22)14-5-3-4-13(8-14)9-17/h3-5,8,10-12,15,18-19H,6-7H2,1-2H3. The molecule has 2 aromatic rings. The number of aryl methyl sites for hydroxylation is 1. The molecule has 1 saturated heterocycles. The highest BCUT2D eigenvalue weighted by atomic mass is 15.4. The van der Waals surface area contributed by atoms with Crippen LogP contribution in [0.15, 0.2) is 30.5 Å². The van der Waals surface area contributed by atoms with Crippen LogP contribution in [0.1, 0.15) is 25.8 Å². The van der Waals surface area contributed by atoms with Crippen LogP contribution in [-0.4, -0.2) is 27.1 Å². The second-order valence-corrected chi connectivity index (χ2v) is 5.88. The summed E-state index contributed by atoms with van der Waals surface area (Å²) in [7, 11) is 0. The number of benzene rings is 1. The molecule has 0 spiro atoms. The summed E-state index contributed by atoms with van der Waals surface area (Å²) in [4.78, 5) is 0. The summed E-state index contributed by atoms with van der Waals surface area (Å²) >= 11 is 0. The Morgan fingerprint density at radius 2 is 2.05 bits per heavy atom. The van der Waals surface area contributed by atoms with Crippen molar-refractivity contribution in [2.24, 2.45) is 5.92 Å². The molecular formula is C16H20N6. The smallest absolute Gasteiger partial charge is 0.113 e. The molecule has 0 radical (unpaired) electrons. The molecule has 1 aliphatic heterocycles. The zero-order chi connectivity index (χ0) is 15.5. The highest BCUT2D eigenvalue weighted by Gasteiger charge is 2.29. The lowest BCUT2D eigenvalue weighted by atomic mass is 9.93. The molecule has 1 aliphatic rings. The molecule has 0 aliphatic carbocycles. The van der Waals surface area contributed by atoms with Crippen LogP contribution in [0.2, 0.25) is 0 Å². The molecule has 1 aromatic heterocycles. The monoisotopic (exact) mass is 296 g/mol. The van der Waals surface area contributed by atoms with Crippen molar-refractivity contribution in [3.63, 3.8) is 0 Å². The Morgan fingerprint density at radius 3 is 2.77 bits per heavy atom. The fourth-order valence-electron chi connectivity index (χ4n) is 2.98. The van der Waals surface area contributed by atoms with Gasteiger partial charge in [0.25, 0.3) is 0 Å². The number of aromatic nitrogens is 3. The van der Waals surface area contributed by atoms with Crippen LogP contribution >= 0.6 is 0 Å². The van der Waals surface area contributed by atoms with Crippen molar-refractivity contribution in [3.8, 4) is 17.3 Å². The van der Waals surface area contributed by atoms with Crippen molar-refractivity contribution in [2.75, 3.05) is 0 Å². The van der Waals surface area contributed by atoms with Gasteiger partial charge in [-0.1, -0.05) is 17.3 Å². The van der Waals surface area contributed by atoms with E-state index in [1.807, 2.05) is 29.1 Å². The largest absolute Gasteiger partial charge is 0.254 e. The van der Waals surface area contributed by atoms with Gasteiger partial charge < -0.3 is 0 Å². The maximum absolute atomic E-state index is 8.97. The van der Waals surface area contributed by atoms with E-state index in [0.29, 0.717) is 23.6 Å². The molecule has 6 nitrogen and oxygen atoms in total. The van der Waals surface area contributed by atoms with Crippen molar-refractivity contribution in [3.05, 3.63) is 36.0 Å². The van der Waals surface area contributed by atoms with Crippen LogP contribution in [0.3, 0.4) is 0 Å². The van der Waals surface area contributed by atoms with Gasteiger partial charge in [-0.05, 0) is 38.3 Å². The summed E-state index contributed by atoms with van der Waals surface area (Å²) in [6.45, 7) is 5.23. The second kappa shape index (κ2) is 6.26. The minimum absolute atomic E-state index is 0.463. The van der Waals surface area contributed by atoms with Gasteiger partial charge in [0.2, 0.25) is 0 Å².